The molecule has 0 spiro atoms. The summed E-state index contributed by atoms with van der Waals surface area (Å²) in [4.78, 5) is 0. The fourth-order valence-electron chi connectivity index (χ4n) is 3.71. The minimum Gasteiger partial charge on any atom is -0.504 e. The number of hydrogen-bond donors (Lipinski definition) is 2. The third-order valence-electron chi connectivity index (χ3n) is 5.39. The number of benzene rings is 3. The Hall–Kier alpha value is -2.93. The molecule has 31 heavy (non-hydrogen) atoms. The maximum atomic E-state index is 13.5. The van der Waals surface area contributed by atoms with Gasteiger partial charge in [0.1, 0.15) is 0 Å². The number of halogens is 4. The molecule has 158 valence electrons. The topological polar surface area (TPSA) is 45.4 Å². The zero-order valence-electron chi connectivity index (χ0n) is 16.1. The maximum absolute atomic E-state index is 13.5. The van der Waals surface area contributed by atoms with Crippen LogP contribution in [-0.4, -0.2) is 11.1 Å². The molecule has 0 atom stereocenters. The molecule has 0 unspecified atom stereocenters. The largest absolute Gasteiger partial charge is 0.504 e. The van der Waals surface area contributed by atoms with E-state index in [0.717, 1.165) is 29.7 Å². The van der Waals surface area contributed by atoms with Gasteiger partial charge in [0.25, 0.3) is 0 Å². The highest BCUT2D eigenvalue weighted by molar-refractivity contribution is 9.10. The van der Waals surface area contributed by atoms with Crippen LogP contribution in [0, 0.1) is 0 Å². The Labute approximate surface area is 184 Å². The van der Waals surface area contributed by atoms with Crippen molar-refractivity contribution in [1.29, 1.82) is 0 Å². The molecule has 0 radical (unpaired) electrons. The van der Waals surface area contributed by atoms with Crippen LogP contribution in [0.1, 0.15) is 18.4 Å². The molecule has 0 amide bonds. The van der Waals surface area contributed by atoms with Crippen molar-refractivity contribution in [1.82, 2.24) is 0 Å². The molecule has 1 aliphatic carbocycles. The summed E-state index contributed by atoms with van der Waals surface area (Å²) in [7, 11) is 0. The number of furan rings is 1. The van der Waals surface area contributed by atoms with Crippen LogP contribution in [0.5, 0.6) is 5.75 Å². The van der Waals surface area contributed by atoms with Gasteiger partial charge < -0.3 is 14.8 Å². The Morgan fingerprint density at radius 2 is 1.74 bits per heavy atom. The van der Waals surface area contributed by atoms with Gasteiger partial charge in [0.2, 0.25) is 5.88 Å². The molecule has 7 heteroatoms. The molecule has 0 bridgehead atoms. The van der Waals surface area contributed by atoms with E-state index in [1.807, 2.05) is 42.5 Å². The second-order valence-electron chi connectivity index (χ2n) is 7.62. The predicted molar refractivity (Wildman–Crippen MR) is 118 cm³/mol. The summed E-state index contributed by atoms with van der Waals surface area (Å²) < 4.78 is 46.4. The van der Waals surface area contributed by atoms with E-state index in [0.29, 0.717) is 5.56 Å². The monoisotopic (exact) mass is 487 g/mol. The van der Waals surface area contributed by atoms with Gasteiger partial charge in [0.05, 0.1) is 11.1 Å². The Balaban J connectivity index is 1.72. The highest BCUT2D eigenvalue weighted by Gasteiger charge is 2.35. The van der Waals surface area contributed by atoms with E-state index in [-0.39, 0.29) is 39.0 Å². The number of fused-ring (bicyclic) bond motifs is 1. The van der Waals surface area contributed by atoms with E-state index in [1.54, 1.807) is 0 Å². The number of aromatic hydroxyl groups is 1. The minimum atomic E-state index is -4.53. The summed E-state index contributed by atoms with van der Waals surface area (Å²) in [5, 5.41) is 16.2. The smallest absolute Gasteiger partial charge is 0.417 e. The number of nitrogens with one attached hydrogen (secondary N) is 1. The lowest BCUT2D eigenvalue weighted by atomic mass is 9.99. The molecule has 5 rings (SSSR count). The first-order valence-electron chi connectivity index (χ1n) is 9.80. The van der Waals surface area contributed by atoms with Crippen molar-refractivity contribution in [2.45, 2.75) is 25.1 Å². The van der Waals surface area contributed by atoms with Crippen LogP contribution in [-0.2, 0) is 6.18 Å². The average Bonchev–Trinajstić information content (AvgIpc) is 3.50. The van der Waals surface area contributed by atoms with Crippen molar-refractivity contribution in [2.24, 2.45) is 0 Å². The van der Waals surface area contributed by atoms with Crippen molar-refractivity contribution in [3.05, 3.63) is 70.7 Å². The normalized spacial score (nSPS) is 14.2. The van der Waals surface area contributed by atoms with Crippen LogP contribution >= 0.6 is 15.9 Å². The second-order valence-corrected chi connectivity index (χ2v) is 8.48. The molecular weight excluding hydrogens is 471 g/mol. The Kier molecular flexibility index (Phi) is 4.73. The molecule has 0 saturated heterocycles. The van der Waals surface area contributed by atoms with E-state index < -0.39 is 11.7 Å². The van der Waals surface area contributed by atoms with Gasteiger partial charge in [-0.2, -0.15) is 13.2 Å². The van der Waals surface area contributed by atoms with Crippen molar-refractivity contribution < 1.29 is 22.7 Å². The Morgan fingerprint density at radius 3 is 2.48 bits per heavy atom. The quantitative estimate of drug-likeness (QED) is 0.308. The summed E-state index contributed by atoms with van der Waals surface area (Å²) >= 11 is 2.97. The third-order valence-corrected chi connectivity index (χ3v) is 6.08. The van der Waals surface area contributed by atoms with Gasteiger partial charge in [0.15, 0.2) is 11.5 Å². The van der Waals surface area contributed by atoms with Crippen molar-refractivity contribution in [2.75, 3.05) is 5.32 Å². The van der Waals surface area contributed by atoms with E-state index >= 15 is 0 Å². The summed E-state index contributed by atoms with van der Waals surface area (Å²) in [6, 6.07) is 17.4. The predicted octanol–water partition coefficient (Wildman–Crippen LogP) is 7.83. The van der Waals surface area contributed by atoms with Crippen LogP contribution in [0.2, 0.25) is 0 Å². The SMILES string of the molecule is Oc1c(-c2cccc3ccccc23)oc(NC2CC2)c1-c1ccc(Br)c(C(F)(F)F)c1. The molecule has 3 aromatic carbocycles. The van der Waals surface area contributed by atoms with Gasteiger partial charge in [-0.3, -0.25) is 0 Å². The van der Waals surface area contributed by atoms with Crippen molar-refractivity contribution >= 4 is 32.6 Å². The zero-order chi connectivity index (χ0) is 21.8. The second kappa shape index (κ2) is 7.34. The Bertz CT molecular complexity index is 1290. The lowest BCUT2D eigenvalue weighted by molar-refractivity contribution is -0.138. The van der Waals surface area contributed by atoms with E-state index in [4.69, 9.17) is 4.42 Å². The van der Waals surface area contributed by atoms with Crippen LogP contribution in [0.4, 0.5) is 19.1 Å². The summed E-state index contributed by atoms with van der Waals surface area (Å²) in [6.45, 7) is 0. The minimum absolute atomic E-state index is 0.0577. The number of anilines is 1. The van der Waals surface area contributed by atoms with Crippen LogP contribution in [0.25, 0.3) is 33.2 Å². The van der Waals surface area contributed by atoms with E-state index in [9.17, 15) is 18.3 Å². The number of hydrogen-bond acceptors (Lipinski definition) is 3. The third kappa shape index (κ3) is 3.67. The lowest BCUT2D eigenvalue weighted by Gasteiger charge is -2.12. The van der Waals surface area contributed by atoms with Crippen molar-refractivity contribution in [3.63, 3.8) is 0 Å². The fourth-order valence-corrected chi connectivity index (χ4v) is 4.18. The van der Waals surface area contributed by atoms with E-state index in [1.165, 1.54) is 12.1 Å². The van der Waals surface area contributed by atoms with Crippen LogP contribution < -0.4 is 5.32 Å². The molecule has 2 N–H and O–H groups in total. The van der Waals surface area contributed by atoms with Gasteiger partial charge >= 0.3 is 6.18 Å². The standard InChI is InChI=1S/C24H17BrF3NO2/c25-19-11-8-14(12-18(19)24(26,27)28)20-21(30)22(31-23(20)29-15-9-10-15)17-7-3-5-13-4-1-2-6-16(13)17/h1-8,11-12,15,29-30H,9-10H2. The molecular formula is C24H17BrF3NO2. The molecule has 3 nitrogen and oxygen atoms in total. The van der Waals surface area contributed by atoms with E-state index in [2.05, 4.69) is 21.2 Å². The molecule has 1 saturated carbocycles. The molecule has 0 aliphatic heterocycles. The van der Waals surface area contributed by atoms with Crippen molar-refractivity contribution in [3.8, 4) is 28.2 Å². The van der Waals surface area contributed by atoms with Crippen LogP contribution in [0.3, 0.4) is 0 Å². The van der Waals surface area contributed by atoms with Gasteiger partial charge in [-0.1, -0.05) is 64.5 Å². The molecule has 1 fully saturated rings. The molecule has 1 aromatic heterocycles. The maximum Gasteiger partial charge on any atom is 0.417 e. The van der Waals surface area contributed by atoms with Gasteiger partial charge in [-0.25, -0.2) is 0 Å². The first kappa shape index (κ1) is 20.0. The Morgan fingerprint density at radius 1 is 1.00 bits per heavy atom. The van der Waals surface area contributed by atoms with Gasteiger partial charge in [-0.05, 0) is 41.3 Å². The lowest BCUT2D eigenvalue weighted by Crippen LogP contribution is -2.06. The zero-order valence-corrected chi connectivity index (χ0v) is 17.7. The molecule has 1 heterocycles. The van der Waals surface area contributed by atoms with Gasteiger partial charge in [-0.15, -0.1) is 0 Å². The highest BCUT2D eigenvalue weighted by atomic mass is 79.9. The van der Waals surface area contributed by atoms with Gasteiger partial charge in [0, 0.05) is 16.1 Å². The summed E-state index contributed by atoms with van der Waals surface area (Å²) in [6.07, 6.45) is -2.64. The summed E-state index contributed by atoms with van der Waals surface area (Å²) in [5.41, 5.74) is 0.322. The number of rotatable bonds is 4. The first-order chi connectivity index (χ1) is 14.8. The summed E-state index contributed by atoms with van der Waals surface area (Å²) in [5.74, 6) is 0.319. The molecule has 1 aliphatic rings. The highest BCUT2D eigenvalue weighted by Crippen LogP contribution is 2.50. The van der Waals surface area contributed by atoms with Crippen LogP contribution in [0.15, 0.2) is 69.6 Å². The molecule has 4 aromatic rings. The first-order valence-corrected chi connectivity index (χ1v) is 10.6. The number of alkyl halides is 3. The average molecular weight is 488 g/mol. The fraction of sp³-hybridized carbons (Fsp3) is 0.167.